The molecule has 0 aliphatic rings. The van der Waals surface area contributed by atoms with E-state index in [2.05, 4.69) is 10.1 Å². The van der Waals surface area contributed by atoms with Crippen molar-refractivity contribution in [2.24, 2.45) is 5.73 Å². The quantitative estimate of drug-likeness (QED) is 0.640. The second kappa shape index (κ2) is 7.38. The fourth-order valence-electron chi connectivity index (χ4n) is 1.52. The first-order chi connectivity index (χ1) is 9.00. The van der Waals surface area contributed by atoms with Gasteiger partial charge in [0.1, 0.15) is 6.61 Å². The van der Waals surface area contributed by atoms with Gasteiger partial charge >= 0.3 is 12.1 Å². The molecule has 0 radical (unpaired) electrons. The molecule has 19 heavy (non-hydrogen) atoms. The standard InChI is InChI=1S/C13H18N2O4/c1-9(12(16)17)11-4-2-10(3-5-11)8-15-6-7-19-13(14)18/h2-5,9,15H,6-8H2,1H3,(H2,14,18)(H,16,17). The third-order valence-corrected chi connectivity index (χ3v) is 2.70. The van der Waals surface area contributed by atoms with Gasteiger partial charge in [-0.25, -0.2) is 4.79 Å². The van der Waals surface area contributed by atoms with Crippen LogP contribution < -0.4 is 11.1 Å². The van der Waals surface area contributed by atoms with Gasteiger partial charge in [0.15, 0.2) is 0 Å². The molecule has 0 spiro atoms. The number of aliphatic carboxylic acids is 1. The van der Waals surface area contributed by atoms with Crippen molar-refractivity contribution < 1.29 is 19.4 Å². The predicted molar refractivity (Wildman–Crippen MR) is 69.7 cm³/mol. The number of ether oxygens (including phenoxy) is 1. The molecular weight excluding hydrogens is 248 g/mol. The Morgan fingerprint density at radius 3 is 2.53 bits per heavy atom. The van der Waals surface area contributed by atoms with Crippen LogP contribution in [0.25, 0.3) is 0 Å². The van der Waals surface area contributed by atoms with E-state index in [0.29, 0.717) is 13.1 Å². The first-order valence-electron chi connectivity index (χ1n) is 5.95. The topological polar surface area (TPSA) is 102 Å². The number of benzene rings is 1. The minimum absolute atomic E-state index is 0.226. The number of hydrogen-bond acceptors (Lipinski definition) is 4. The lowest BCUT2D eigenvalue weighted by atomic mass is 10.0. The van der Waals surface area contributed by atoms with Gasteiger partial charge in [-0.1, -0.05) is 24.3 Å². The first kappa shape index (κ1) is 15.0. The van der Waals surface area contributed by atoms with Crippen molar-refractivity contribution in [1.29, 1.82) is 0 Å². The van der Waals surface area contributed by atoms with Gasteiger partial charge in [0, 0.05) is 13.1 Å². The SMILES string of the molecule is CC(C(=O)O)c1ccc(CNCCOC(N)=O)cc1. The monoisotopic (exact) mass is 266 g/mol. The van der Waals surface area contributed by atoms with Crippen molar-refractivity contribution in [1.82, 2.24) is 5.32 Å². The van der Waals surface area contributed by atoms with Gasteiger partial charge in [-0.3, -0.25) is 4.79 Å². The Balaban J connectivity index is 2.36. The van der Waals surface area contributed by atoms with Crippen molar-refractivity contribution in [2.45, 2.75) is 19.4 Å². The summed E-state index contributed by atoms with van der Waals surface area (Å²) in [5, 5.41) is 12.0. The molecule has 1 aromatic carbocycles. The lowest BCUT2D eigenvalue weighted by Crippen LogP contribution is -2.23. The molecule has 1 aromatic rings. The molecule has 0 bridgehead atoms. The van der Waals surface area contributed by atoms with E-state index in [0.717, 1.165) is 11.1 Å². The number of carbonyl (C=O) groups excluding carboxylic acids is 1. The van der Waals surface area contributed by atoms with Gasteiger partial charge in [0.2, 0.25) is 0 Å². The van der Waals surface area contributed by atoms with E-state index in [4.69, 9.17) is 10.8 Å². The largest absolute Gasteiger partial charge is 0.481 e. The summed E-state index contributed by atoms with van der Waals surface area (Å²) in [5.74, 6) is -1.35. The van der Waals surface area contributed by atoms with E-state index in [1.807, 2.05) is 12.1 Å². The van der Waals surface area contributed by atoms with E-state index in [-0.39, 0.29) is 6.61 Å². The summed E-state index contributed by atoms with van der Waals surface area (Å²) in [7, 11) is 0. The zero-order valence-electron chi connectivity index (χ0n) is 10.8. The highest BCUT2D eigenvalue weighted by molar-refractivity contribution is 5.75. The lowest BCUT2D eigenvalue weighted by Gasteiger charge is -2.08. The summed E-state index contributed by atoms with van der Waals surface area (Å²) < 4.78 is 4.57. The average molecular weight is 266 g/mol. The van der Waals surface area contributed by atoms with E-state index in [1.54, 1.807) is 19.1 Å². The van der Waals surface area contributed by atoms with Crippen LogP contribution in [-0.2, 0) is 16.1 Å². The van der Waals surface area contributed by atoms with Crippen LogP contribution in [0.3, 0.4) is 0 Å². The molecule has 1 rings (SSSR count). The number of carboxylic acid groups (broad SMARTS) is 1. The third kappa shape index (κ3) is 5.39. The highest BCUT2D eigenvalue weighted by Crippen LogP contribution is 2.15. The summed E-state index contributed by atoms with van der Waals surface area (Å²) in [5.41, 5.74) is 6.62. The van der Waals surface area contributed by atoms with Crippen molar-refractivity contribution in [3.05, 3.63) is 35.4 Å². The molecule has 0 heterocycles. The maximum Gasteiger partial charge on any atom is 0.404 e. The maximum absolute atomic E-state index is 10.8. The minimum atomic E-state index is -0.838. The van der Waals surface area contributed by atoms with Gasteiger partial charge in [-0.2, -0.15) is 0 Å². The predicted octanol–water partition coefficient (Wildman–Crippen LogP) is 1.06. The molecule has 0 aliphatic heterocycles. The summed E-state index contributed by atoms with van der Waals surface area (Å²) in [6.45, 7) is 3.00. The fourth-order valence-corrected chi connectivity index (χ4v) is 1.52. The van der Waals surface area contributed by atoms with Crippen LogP contribution in [0.15, 0.2) is 24.3 Å². The fraction of sp³-hybridized carbons (Fsp3) is 0.385. The number of nitrogens with two attached hydrogens (primary N) is 1. The molecular formula is C13H18N2O4. The highest BCUT2D eigenvalue weighted by Gasteiger charge is 2.12. The van der Waals surface area contributed by atoms with Crippen LogP contribution in [0.5, 0.6) is 0 Å². The Morgan fingerprint density at radius 1 is 1.37 bits per heavy atom. The second-order valence-electron chi connectivity index (χ2n) is 4.15. The van der Waals surface area contributed by atoms with Gasteiger partial charge in [-0.15, -0.1) is 0 Å². The Bertz CT molecular complexity index is 431. The van der Waals surface area contributed by atoms with Crippen LogP contribution in [0.4, 0.5) is 4.79 Å². The molecule has 0 saturated carbocycles. The van der Waals surface area contributed by atoms with Crippen molar-refractivity contribution in [3.8, 4) is 0 Å². The Kier molecular flexibility index (Phi) is 5.81. The number of primary amides is 1. The molecule has 0 aromatic heterocycles. The Labute approximate surface area is 111 Å². The van der Waals surface area contributed by atoms with Crippen LogP contribution in [-0.4, -0.2) is 30.3 Å². The zero-order valence-corrected chi connectivity index (χ0v) is 10.8. The smallest absolute Gasteiger partial charge is 0.404 e. The summed E-state index contributed by atoms with van der Waals surface area (Å²) >= 11 is 0. The number of nitrogens with one attached hydrogen (secondary N) is 1. The van der Waals surface area contributed by atoms with E-state index >= 15 is 0 Å². The molecule has 6 nitrogen and oxygen atoms in total. The normalized spacial score (nSPS) is 11.8. The maximum atomic E-state index is 10.8. The Morgan fingerprint density at radius 2 is 2.00 bits per heavy atom. The van der Waals surface area contributed by atoms with Crippen LogP contribution in [0, 0.1) is 0 Å². The summed E-state index contributed by atoms with van der Waals surface area (Å²) in [4.78, 5) is 21.1. The molecule has 6 heteroatoms. The minimum Gasteiger partial charge on any atom is -0.481 e. The highest BCUT2D eigenvalue weighted by atomic mass is 16.5. The molecule has 104 valence electrons. The molecule has 0 fully saturated rings. The Hall–Kier alpha value is -2.08. The number of amides is 1. The average Bonchev–Trinajstić information content (AvgIpc) is 2.37. The van der Waals surface area contributed by atoms with Gasteiger partial charge in [-0.05, 0) is 18.1 Å². The molecule has 0 saturated heterocycles. The van der Waals surface area contributed by atoms with E-state index in [1.165, 1.54) is 0 Å². The molecule has 1 unspecified atom stereocenters. The number of hydrogen-bond donors (Lipinski definition) is 3. The van der Waals surface area contributed by atoms with Crippen molar-refractivity contribution >= 4 is 12.1 Å². The third-order valence-electron chi connectivity index (χ3n) is 2.70. The van der Waals surface area contributed by atoms with Crippen molar-refractivity contribution in [2.75, 3.05) is 13.2 Å². The van der Waals surface area contributed by atoms with Crippen molar-refractivity contribution in [3.63, 3.8) is 0 Å². The van der Waals surface area contributed by atoms with Gasteiger partial charge in [0.25, 0.3) is 0 Å². The van der Waals surface area contributed by atoms with Crippen LogP contribution in [0.2, 0.25) is 0 Å². The molecule has 1 atom stereocenters. The van der Waals surface area contributed by atoms with Gasteiger partial charge < -0.3 is 20.9 Å². The first-order valence-corrected chi connectivity index (χ1v) is 5.95. The van der Waals surface area contributed by atoms with Crippen LogP contribution in [0.1, 0.15) is 24.0 Å². The molecule has 1 amide bonds. The second-order valence-corrected chi connectivity index (χ2v) is 4.15. The van der Waals surface area contributed by atoms with Gasteiger partial charge in [0.05, 0.1) is 5.92 Å². The molecule has 0 aliphatic carbocycles. The van der Waals surface area contributed by atoms with E-state index < -0.39 is 18.0 Å². The summed E-state index contributed by atoms with van der Waals surface area (Å²) in [6.07, 6.45) is -0.784. The zero-order chi connectivity index (χ0) is 14.3. The summed E-state index contributed by atoms with van der Waals surface area (Å²) in [6, 6.07) is 7.35. The molecule has 4 N–H and O–H groups in total. The number of carbonyl (C=O) groups is 2. The van der Waals surface area contributed by atoms with Crippen LogP contribution >= 0.6 is 0 Å². The number of rotatable bonds is 7. The van der Waals surface area contributed by atoms with E-state index in [9.17, 15) is 9.59 Å². The number of carboxylic acids is 1. The lowest BCUT2D eigenvalue weighted by molar-refractivity contribution is -0.138.